The molecular formula is C17H21N3O3. The lowest BCUT2D eigenvalue weighted by Crippen LogP contribution is -2.47. The maximum Gasteiger partial charge on any atom is 0.341 e. The molecule has 0 spiro atoms. The van der Waals surface area contributed by atoms with E-state index in [9.17, 15) is 4.79 Å². The second kappa shape index (κ2) is 6.42. The van der Waals surface area contributed by atoms with Gasteiger partial charge in [-0.05, 0) is 26.0 Å². The molecule has 0 aliphatic carbocycles. The molecule has 2 heterocycles. The number of aromatic nitrogens is 2. The Morgan fingerprint density at radius 1 is 1.35 bits per heavy atom. The third-order valence-corrected chi connectivity index (χ3v) is 4.05. The normalized spacial score (nSPS) is 15.4. The monoisotopic (exact) mass is 315 g/mol. The van der Waals surface area contributed by atoms with Crippen molar-refractivity contribution in [1.29, 1.82) is 0 Å². The van der Waals surface area contributed by atoms with Crippen LogP contribution in [0.25, 0.3) is 0 Å². The summed E-state index contributed by atoms with van der Waals surface area (Å²) in [6.45, 7) is 6.41. The highest BCUT2D eigenvalue weighted by molar-refractivity contribution is 5.68. The average molecular weight is 315 g/mol. The van der Waals surface area contributed by atoms with Gasteiger partial charge in [0.1, 0.15) is 5.75 Å². The average Bonchev–Trinajstić information content (AvgIpc) is 2.79. The van der Waals surface area contributed by atoms with E-state index in [1.807, 2.05) is 31.2 Å². The summed E-state index contributed by atoms with van der Waals surface area (Å²) >= 11 is 0. The van der Waals surface area contributed by atoms with Crippen LogP contribution < -0.4 is 4.74 Å². The number of nitrogens with zero attached hydrogens (tertiary/aromatic N) is 3. The number of carboxylic acids is 1. The minimum absolute atomic E-state index is 0.314. The molecule has 1 aromatic carbocycles. The van der Waals surface area contributed by atoms with Crippen LogP contribution in [0.4, 0.5) is 0 Å². The lowest BCUT2D eigenvalue weighted by molar-refractivity contribution is -0.139. The number of likely N-dealkylation sites (tertiary alicyclic amines) is 1. The van der Waals surface area contributed by atoms with Crippen molar-refractivity contribution in [3.05, 3.63) is 47.3 Å². The molecule has 0 amide bonds. The first-order valence-electron chi connectivity index (χ1n) is 7.70. The molecule has 1 fully saturated rings. The summed E-state index contributed by atoms with van der Waals surface area (Å²) in [5.74, 6) is -0.321. The number of carbonyl (C=O) groups is 1. The molecule has 0 unspecified atom stereocenters. The molecule has 0 saturated carbocycles. The molecule has 1 aliphatic heterocycles. The smallest absolute Gasteiger partial charge is 0.341 e. The van der Waals surface area contributed by atoms with Gasteiger partial charge in [-0.1, -0.05) is 18.2 Å². The van der Waals surface area contributed by atoms with E-state index in [2.05, 4.69) is 27.7 Å². The van der Waals surface area contributed by atoms with Crippen molar-refractivity contribution in [2.24, 2.45) is 0 Å². The van der Waals surface area contributed by atoms with Crippen molar-refractivity contribution in [2.75, 3.05) is 19.7 Å². The van der Waals surface area contributed by atoms with Gasteiger partial charge in [0.2, 0.25) is 0 Å². The third kappa shape index (κ3) is 3.53. The lowest BCUT2D eigenvalue weighted by atomic mass is 10.1. The summed E-state index contributed by atoms with van der Waals surface area (Å²) < 4.78 is 7.45. The SMILES string of the molecule is Cc1cc(C)n(C2CN(Cc3ccccc3OCC(=O)O)C2)n1. The van der Waals surface area contributed by atoms with Gasteiger partial charge in [0.05, 0.1) is 11.7 Å². The molecule has 0 radical (unpaired) electrons. The molecule has 1 aromatic heterocycles. The van der Waals surface area contributed by atoms with Crippen LogP contribution in [0.15, 0.2) is 30.3 Å². The van der Waals surface area contributed by atoms with E-state index in [-0.39, 0.29) is 6.61 Å². The standard InChI is InChI=1S/C17H21N3O3/c1-12-7-13(2)20(18-12)15-9-19(10-15)8-14-5-3-4-6-16(14)23-11-17(21)22/h3-7,15H,8-11H2,1-2H3,(H,21,22). The largest absolute Gasteiger partial charge is 0.482 e. The Bertz CT molecular complexity index is 705. The summed E-state index contributed by atoms with van der Waals surface area (Å²) in [6.07, 6.45) is 0. The Labute approximate surface area is 135 Å². The minimum Gasteiger partial charge on any atom is -0.482 e. The van der Waals surface area contributed by atoms with Gasteiger partial charge in [-0.25, -0.2) is 4.79 Å². The first kappa shape index (κ1) is 15.6. The summed E-state index contributed by atoms with van der Waals surface area (Å²) in [6, 6.07) is 10.1. The fourth-order valence-electron chi connectivity index (χ4n) is 3.00. The fourth-order valence-corrected chi connectivity index (χ4v) is 3.00. The molecule has 0 atom stereocenters. The molecule has 23 heavy (non-hydrogen) atoms. The Morgan fingerprint density at radius 2 is 2.09 bits per heavy atom. The fraction of sp³-hybridized carbons (Fsp3) is 0.412. The lowest BCUT2D eigenvalue weighted by Gasteiger charge is -2.40. The molecule has 3 rings (SSSR count). The van der Waals surface area contributed by atoms with Crippen LogP contribution in [-0.2, 0) is 11.3 Å². The molecule has 1 aliphatic rings. The van der Waals surface area contributed by atoms with Crippen molar-refractivity contribution >= 4 is 5.97 Å². The maximum atomic E-state index is 10.7. The summed E-state index contributed by atoms with van der Waals surface area (Å²) in [5.41, 5.74) is 3.26. The number of para-hydroxylation sites is 1. The zero-order valence-electron chi connectivity index (χ0n) is 13.4. The van der Waals surface area contributed by atoms with E-state index >= 15 is 0 Å². The Balaban J connectivity index is 1.59. The van der Waals surface area contributed by atoms with E-state index in [0.717, 1.165) is 30.9 Å². The number of ether oxygens (including phenoxy) is 1. The van der Waals surface area contributed by atoms with E-state index in [0.29, 0.717) is 11.8 Å². The number of hydrogen-bond donors (Lipinski definition) is 1. The molecular weight excluding hydrogens is 294 g/mol. The van der Waals surface area contributed by atoms with Gasteiger partial charge in [0.25, 0.3) is 0 Å². The van der Waals surface area contributed by atoms with Crippen LogP contribution in [-0.4, -0.2) is 45.5 Å². The summed E-state index contributed by atoms with van der Waals surface area (Å²) in [4.78, 5) is 13.0. The van der Waals surface area contributed by atoms with E-state index in [1.165, 1.54) is 5.69 Å². The number of aliphatic carboxylic acids is 1. The van der Waals surface area contributed by atoms with Crippen LogP contribution >= 0.6 is 0 Å². The van der Waals surface area contributed by atoms with Gasteiger partial charge in [0, 0.05) is 30.9 Å². The summed E-state index contributed by atoms with van der Waals surface area (Å²) in [7, 11) is 0. The van der Waals surface area contributed by atoms with Crippen LogP contribution in [0, 0.1) is 13.8 Å². The van der Waals surface area contributed by atoms with Crippen molar-refractivity contribution in [1.82, 2.24) is 14.7 Å². The van der Waals surface area contributed by atoms with Gasteiger partial charge in [-0.3, -0.25) is 9.58 Å². The molecule has 122 valence electrons. The van der Waals surface area contributed by atoms with Crippen LogP contribution in [0.3, 0.4) is 0 Å². The van der Waals surface area contributed by atoms with E-state index in [4.69, 9.17) is 9.84 Å². The number of benzene rings is 1. The van der Waals surface area contributed by atoms with Gasteiger partial charge in [-0.15, -0.1) is 0 Å². The molecule has 6 nitrogen and oxygen atoms in total. The highest BCUT2D eigenvalue weighted by Gasteiger charge is 2.30. The Hall–Kier alpha value is -2.34. The highest BCUT2D eigenvalue weighted by atomic mass is 16.5. The van der Waals surface area contributed by atoms with Gasteiger partial charge >= 0.3 is 5.97 Å². The first-order valence-corrected chi connectivity index (χ1v) is 7.70. The molecule has 1 N–H and O–H groups in total. The second-order valence-corrected chi connectivity index (χ2v) is 6.01. The summed E-state index contributed by atoms with van der Waals surface area (Å²) in [5, 5.41) is 13.3. The topological polar surface area (TPSA) is 67.6 Å². The minimum atomic E-state index is -0.964. The second-order valence-electron chi connectivity index (χ2n) is 6.01. The van der Waals surface area contributed by atoms with Gasteiger partial charge < -0.3 is 9.84 Å². The van der Waals surface area contributed by atoms with Crippen LogP contribution in [0.5, 0.6) is 5.75 Å². The van der Waals surface area contributed by atoms with Crippen molar-refractivity contribution < 1.29 is 14.6 Å². The van der Waals surface area contributed by atoms with Crippen LogP contribution in [0.1, 0.15) is 23.0 Å². The number of carboxylic acid groups (broad SMARTS) is 1. The molecule has 2 aromatic rings. The molecule has 0 bridgehead atoms. The predicted molar refractivity (Wildman–Crippen MR) is 85.6 cm³/mol. The molecule has 6 heteroatoms. The van der Waals surface area contributed by atoms with Gasteiger partial charge in [-0.2, -0.15) is 5.10 Å². The van der Waals surface area contributed by atoms with E-state index < -0.39 is 5.97 Å². The predicted octanol–water partition coefficient (Wildman–Crippen LogP) is 2.02. The Kier molecular flexibility index (Phi) is 4.34. The van der Waals surface area contributed by atoms with Crippen molar-refractivity contribution in [3.63, 3.8) is 0 Å². The zero-order chi connectivity index (χ0) is 16.4. The van der Waals surface area contributed by atoms with Crippen molar-refractivity contribution in [3.8, 4) is 5.75 Å². The first-order chi connectivity index (χ1) is 11.0. The number of hydrogen-bond acceptors (Lipinski definition) is 4. The maximum absolute atomic E-state index is 10.7. The number of rotatable bonds is 6. The molecule has 1 saturated heterocycles. The quantitative estimate of drug-likeness (QED) is 0.883. The third-order valence-electron chi connectivity index (χ3n) is 4.05. The zero-order valence-corrected chi connectivity index (χ0v) is 13.4. The number of aryl methyl sites for hydroxylation is 2. The highest BCUT2D eigenvalue weighted by Crippen LogP contribution is 2.27. The Morgan fingerprint density at radius 3 is 2.74 bits per heavy atom. The van der Waals surface area contributed by atoms with Crippen LogP contribution in [0.2, 0.25) is 0 Å². The van der Waals surface area contributed by atoms with E-state index in [1.54, 1.807) is 0 Å². The van der Waals surface area contributed by atoms with Gasteiger partial charge in [0.15, 0.2) is 6.61 Å². The van der Waals surface area contributed by atoms with Crippen molar-refractivity contribution in [2.45, 2.75) is 26.4 Å².